The zero-order valence-corrected chi connectivity index (χ0v) is 10.2. The summed E-state index contributed by atoms with van der Waals surface area (Å²) in [6.45, 7) is 3.84. The first-order valence-corrected chi connectivity index (χ1v) is 6.46. The van der Waals surface area contributed by atoms with Gasteiger partial charge in [0.1, 0.15) is 0 Å². The number of hydrogen-bond donors (Lipinski definition) is 2. The van der Waals surface area contributed by atoms with Crippen molar-refractivity contribution < 1.29 is 4.79 Å². The highest BCUT2D eigenvalue weighted by molar-refractivity contribution is 5.78. The van der Waals surface area contributed by atoms with Gasteiger partial charge in [0.25, 0.3) is 0 Å². The highest BCUT2D eigenvalue weighted by atomic mass is 16.1. The van der Waals surface area contributed by atoms with Crippen LogP contribution >= 0.6 is 0 Å². The van der Waals surface area contributed by atoms with Gasteiger partial charge in [0, 0.05) is 38.1 Å². The van der Waals surface area contributed by atoms with Crippen molar-refractivity contribution in [3.8, 4) is 12.3 Å². The number of rotatable bonds is 4. The third-order valence-electron chi connectivity index (χ3n) is 3.64. The molecule has 0 aliphatic carbocycles. The summed E-state index contributed by atoms with van der Waals surface area (Å²) in [4.78, 5) is 13.4. The van der Waals surface area contributed by atoms with Crippen molar-refractivity contribution >= 4 is 5.91 Å². The number of piperidine rings is 1. The summed E-state index contributed by atoms with van der Waals surface area (Å²) >= 11 is 0. The fourth-order valence-electron chi connectivity index (χ4n) is 2.56. The molecular weight excluding hydrogens is 214 g/mol. The van der Waals surface area contributed by atoms with Gasteiger partial charge < -0.3 is 10.6 Å². The van der Waals surface area contributed by atoms with E-state index >= 15 is 0 Å². The van der Waals surface area contributed by atoms with Crippen LogP contribution in [0.4, 0.5) is 0 Å². The summed E-state index contributed by atoms with van der Waals surface area (Å²) < 4.78 is 0. The quantitative estimate of drug-likeness (QED) is 0.672. The molecule has 2 heterocycles. The van der Waals surface area contributed by atoms with E-state index in [1.807, 2.05) is 0 Å². The van der Waals surface area contributed by atoms with Gasteiger partial charge in [-0.25, -0.2) is 0 Å². The highest BCUT2D eigenvalue weighted by Crippen LogP contribution is 2.11. The maximum Gasteiger partial charge on any atom is 0.220 e. The topological polar surface area (TPSA) is 44.4 Å². The van der Waals surface area contributed by atoms with Gasteiger partial charge in [-0.15, -0.1) is 6.42 Å². The minimum Gasteiger partial charge on any atom is -0.352 e. The molecule has 1 amide bonds. The summed E-state index contributed by atoms with van der Waals surface area (Å²) in [5, 5.41) is 6.54. The van der Waals surface area contributed by atoms with Gasteiger partial charge in [0.2, 0.25) is 5.91 Å². The molecule has 2 rings (SSSR count). The lowest BCUT2D eigenvalue weighted by Gasteiger charge is -2.31. The van der Waals surface area contributed by atoms with Crippen molar-refractivity contribution in [2.75, 3.05) is 26.2 Å². The van der Waals surface area contributed by atoms with E-state index in [0.717, 1.165) is 45.4 Å². The first-order valence-electron chi connectivity index (χ1n) is 6.46. The lowest BCUT2D eigenvalue weighted by atomic mass is 10.0. The van der Waals surface area contributed by atoms with Crippen LogP contribution in [0.5, 0.6) is 0 Å². The molecule has 0 bridgehead atoms. The average Bonchev–Trinajstić information content (AvgIpc) is 2.75. The zero-order chi connectivity index (χ0) is 12.1. The Morgan fingerprint density at radius 1 is 1.41 bits per heavy atom. The second-order valence-electron chi connectivity index (χ2n) is 4.97. The molecule has 0 radical (unpaired) electrons. The minimum atomic E-state index is 0.195. The van der Waals surface area contributed by atoms with Crippen LogP contribution in [0.3, 0.4) is 0 Å². The Morgan fingerprint density at radius 2 is 2.18 bits per heavy atom. The number of likely N-dealkylation sites (tertiary alicyclic amines) is 1. The van der Waals surface area contributed by atoms with E-state index in [1.54, 1.807) is 0 Å². The van der Waals surface area contributed by atoms with Gasteiger partial charge in [0.15, 0.2) is 0 Å². The number of hydrogen-bond acceptors (Lipinski definition) is 3. The molecule has 17 heavy (non-hydrogen) atoms. The number of nitrogens with zero attached hydrogens (tertiary/aromatic N) is 1. The van der Waals surface area contributed by atoms with Crippen LogP contribution in [-0.4, -0.2) is 49.1 Å². The van der Waals surface area contributed by atoms with Gasteiger partial charge in [-0.1, -0.05) is 5.92 Å². The molecule has 4 heteroatoms. The maximum absolute atomic E-state index is 11.1. The number of carbonyl (C=O) groups excluding carboxylic acids is 1. The first-order chi connectivity index (χ1) is 8.28. The minimum absolute atomic E-state index is 0.195. The molecule has 94 valence electrons. The Bertz CT molecular complexity index is 302. The maximum atomic E-state index is 11.1. The van der Waals surface area contributed by atoms with E-state index < -0.39 is 0 Å². The summed E-state index contributed by atoms with van der Waals surface area (Å²) in [5.41, 5.74) is 0. The Labute approximate surface area is 103 Å². The average molecular weight is 235 g/mol. The third-order valence-corrected chi connectivity index (χ3v) is 3.64. The molecule has 0 saturated carbocycles. The predicted molar refractivity (Wildman–Crippen MR) is 67.5 cm³/mol. The molecule has 0 spiro atoms. The molecule has 1 atom stereocenters. The van der Waals surface area contributed by atoms with Crippen molar-refractivity contribution in [2.24, 2.45) is 0 Å². The van der Waals surface area contributed by atoms with Gasteiger partial charge in [-0.2, -0.15) is 0 Å². The van der Waals surface area contributed by atoms with Gasteiger partial charge in [0.05, 0.1) is 6.54 Å². The molecule has 4 nitrogen and oxygen atoms in total. The largest absolute Gasteiger partial charge is 0.352 e. The van der Waals surface area contributed by atoms with E-state index in [0.29, 0.717) is 18.5 Å². The Balaban J connectivity index is 1.62. The van der Waals surface area contributed by atoms with E-state index in [1.165, 1.54) is 0 Å². The van der Waals surface area contributed by atoms with Crippen LogP contribution in [0, 0.1) is 12.3 Å². The van der Waals surface area contributed by atoms with E-state index in [4.69, 9.17) is 6.42 Å². The molecule has 2 saturated heterocycles. The monoisotopic (exact) mass is 235 g/mol. The van der Waals surface area contributed by atoms with E-state index in [-0.39, 0.29) is 5.91 Å². The SMILES string of the molecule is C#CCN1CCC(NCC2CCC(=O)N2)CC1. The lowest BCUT2D eigenvalue weighted by molar-refractivity contribution is -0.119. The van der Waals surface area contributed by atoms with Crippen LogP contribution in [0.2, 0.25) is 0 Å². The number of nitrogens with one attached hydrogen (secondary N) is 2. The lowest BCUT2D eigenvalue weighted by Crippen LogP contribution is -2.46. The van der Waals surface area contributed by atoms with Crippen molar-refractivity contribution in [3.63, 3.8) is 0 Å². The molecule has 0 aromatic rings. The van der Waals surface area contributed by atoms with Crippen LogP contribution in [0.1, 0.15) is 25.7 Å². The summed E-state index contributed by atoms with van der Waals surface area (Å²) in [7, 11) is 0. The van der Waals surface area contributed by atoms with Crippen molar-refractivity contribution in [3.05, 3.63) is 0 Å². The van der Waals surface area contributed by atoms with Gasteiger partial charge in [-0.05, 0) is 19.3 Å². The van der Waals surface area contributed by atoms with E-state index in [9.17, 15) is 4.79 Å². The molecule has 1 unspecified atom stereocenters. The Hall–Kier alpha value is -1.05. The second-order valence-corrected chi connectivity index (χ2v) is 4.97. The van der Waals surface area contributed by atoms with E-state index in [2.05, 4.69) is 21.5 Å². The van der Waals surface area contributed by atoms with Crippen LogP contribution < -0.4 is 10.6 Å². The standard InChI is InChI=1S/C13H21N3O/c1-2-7-16-8-5-11(6-9-16)14-10-12-3-4-13(17)15-12/h1,11-12,14H,3-10H2,(H,15,17). The fourth-order valence-corrected chi connectivity index (χ4v) is 2.56. The fraction of sp³-hybridized carbons (Fsp3) is 0.769. The second kappa shape index (κ2) is 6.04. The molecular formula is C13H21N3O. The van der Waals surface area contributed by atoms with Crippen LogP contribution in [-0.2, 0) is 4.79 Å². The summed E-state index contributed by atoms with van der Waals surface area (Å²) in [6.07, 6.45) is 9.27. The molecule has 0 aromatic heterocycles. The molecule has 2 aliphatic heterocycles. The molecule has 2 N–H and O–H groups in total. The first kappa shape index (κ1) is 12.4. The number of terminal acetylenes is 1. The van der Waals surface area contributed by atoms with Gasteiger partial charge >= 0.3 is 0 Å². The van der Waals surface area contributed by atoms with Crippen molar-refractivity contribution in [2.45, 2.75) is 37.8 Å². The normalized spacial score (nSPS) is 26.8. The Morgan fingerprint density at radius 3 is 2.76 bits per heavy atom. The van der Waals surface area contributed by atoms with Crippen LogP contribution in [0.15, 0.2) is 0 Å². The zero-order valence-electron chi connectivity index (χ0n) is 10.2. The van der Waals surface area contributed by atoms with Crippen molar-refractivity contribution in [1.29, 1.82) is 0 Å². The smallest absolute Gasteiger partial charge is 0.220 e. The molecule has 2 fully saturated rings. The predicted octanol–water partition coefficient (Wildman–Crippen LogP) is -0.0478. The van der Waals surface area contributed by atoms with Crippen molar-refractivity contribution in [1.82, 2.24) is 15.5 Å². The number of amides is 1. The summed E-state index contributed by atoms with van der Waals surface area (Å²) in [5.74, 6) is 2.89. The molecule has 2 aliphatic rings. The highest BCUT2D eigenvalue weighted by Gasteiger charge is 2.23. The number of carbonyl (C=O) groups is 1. The van der Waals surface area contributed by atoms with Gasteiger partial charge in [-0.3, -0.25) is 9.69 Å². The van der Waals surface area contributed by atoms with Crippen LogP contribution in [0.25, 0.3) is 0 Å². The Kier molecular flexibility index (Phi) is 4.41. The third kappa shape index (κ3) is 3.72. The summed E-state index contributed by atoms with van der Waals surface area (Å²) in [6, 6.07) is 0.924. The molecule has 0 aromatic carbocycles.